The lowest BCUT2D eigenvalue weighted by Gasteiger charge is -2.17. The van der Waals surface area contributed by atoms with E-state index in [1.165, 1.54) is 18.3 Å². The van der Waals surface area contributed by atoms with Crippen molar-refractivity contribution in [1.82, 2.24) is 9.29 Å². The highest BCUT2D eigenvalue weighted by Gasteiger charge is 2.22. The smallest absolute Gasteiger partial charge is 0.243 e. The molecule has 0 amide bonds. The Labute approximate surface area is 118 Å². The number of rotatable bonds is 5. The molecular weight excluding hydrogens is 276 g/mol. The Bertz CT molecular complexity index is 736. The molecule has 5 nitrogen and oxygen atoms in total. The average molecular weight is 292 g/mol. The van der Waals surface area contributed by atoms with E-state index in [9.17, 15) is 13.2 Å². The number of aromatic nitrogens is 1. The fourth-order valence-electron chi connectivity index (χ4n) is 1.92. The summed E-state index contributed by atoms with van der Waals surface area (Å²) in [5, 5.41) is 1.41. The van der Waals surface area contributed by atoms with Crippen LogP contribution in [-0.4, -0.2) is 37.1 Å². The van der Waals surface area contributed by atoms with Crippen LogP contribution in [0.3, 0.4) is 0 Å². The third kappa shape index (κ3) is 2.86. The minimum Gasteiger partial charge on any atom is -0.300 e. The number of sulfonamides is 1. The number of pyridine rings is 1. The highest BCUT2D eigenvalue weighted by Crippen LogP contribution is 2.24. The van der Waals surface area contributed by atoms with Crippen LogP contribution in [0.2, 0.25) is 0 Å². The molecule has 0 aliphatic carbocycles. The summed E-state index contributed by atoms with van der Waals surface area (Å²) >= 11 is 0. The predicted octanol–water partition coefficient (Wildman–Crippen LogP) is 1.83. The van der Waals surface area contributed by atoms with Crippen molar-refractivity contribution in [3.63, 3.8) is 0 Å². The van der Waals surface area contributed by atoms with Crippen LogP contribution in [0.15, 0.2) is 41.6 Å². The molecule has 0 aliphatic rings. The van der Waals surface area contributed by atoms with Crippen LogP contribution in [0, 0.1) is 0 Å². The molecule has 0 saturated heterocycles. The third-order valence-electron chi connectivity index (χ3n) is 3.11. The van der Waals surface area contributed by atoms with Crippen molar-refractivity contribution < 1.29 is 13.2 Å². The number of benzene rings is 1. The van der Waals surface area contributed by atoms with E-state index >= 15 is 0 Å². The van der Waals surface area contributed by atoms with Crippen LogP contribution >= 0.6 is 0 Å². The topological polar surface area (TPSA) is 67.3 Å². The molecule has 0 radical (unpaired) electrons. The quantitative estimate of drug-likeness (QED) is 0.843. The Morgan fingerprint density at radius 1 is 1.30 bits per heavy atom. The third-order valence-corrected chi connectivity index (χ3v) is 5.02. The summed E-state index contributed by atoms with van der Waals surface area (Å²) in [7, 11) is -2.12. The van der Waals surface area contributed by atoms with Crippen molar-refractivity contribution in [2.24, 2.45) is 0 Å². The average Bonchev–Trinajstić information content (AvgIpc) is 2.43. The van der Waals surface area contributed by atoms with Gasteiger partial charge in [-0.15, -0.1) is 0 Å². The zero-order valence-electron chi connectivity index (χ0n) is 11.4. The Kier molecular flexibility index (Phi) is 4.15. The number of Topliss-reactive ketones (excluding diaryl/α,β-unsaturated/α-hetero) is 1. The fourth-order valence-corrected chi connectivity index (χ4v) is 3.30. The molecule has 1 heterocycles. The molecule has 0 fully saturated rings. The van der Waals surface area contributed by atoms with E-state index in [1.807, 2.05) is 6.07 Å². The number of ketones is 1. The highest BCUT2D eigenvalue weighted by molar-refractivity contribution is 7.89. The zero-order valence-corrected chi connectivity index (χ0v) is 12.2. The first-order valence-corrected chi connectivity index (χ1v) is 7.65. The number of carbonyl (C=O) groups excluding carboxylic acids is 1. The number of hydrogen-bond acceptors (Lipinski definition) is 4. The molecule has 0 N–H and O–H groups in total. The normalized spacial score (nSPS) is 11.9. The molecule has 0 atom stereocenters. The number of fused-ring (bicyclic) bond motifs is 1. The lowest BCUT2D eigenvalue weighted by atomic mass is 10.2. The Morgan fingerprint density at radius 3 is 2.75 bits per heavy atom. The van der Waals surface area contributed by atoms with Crippen molar-refractivity contribution >= 4 is 26.6 Å². The molecular formula is C14H16N2O3S. The second kappa shape index (κ2) is 5.68. The summed E-state index contributed by atoms with van der Waals surface area (Å²) in [6.45, 7) is 1.63. The van der Waals surface area contributed by atoms with E-state index in [0.717, 1.165) is 5.39 Å². The van der Waals surface area contributed by atoms with Crippen molar-refractivity contribution in [1.29, 1.82) is 0 Å². The van der Waals surface area contributed by atoms with Gasteiger partial charge >= 0.3 is 0 Å². The summed E-state index contributed by atoms with van der Waals surface area (Å²) in [6.07, 6.45) is 3.41. The van der Waals surface area contributed by atoms with Gasteiger partial charge in [-0.2, -0.15) is 0 Å². The minimum absolute atomic E-state index is 0.0332. The Morgan fingerprint density at radius 2 is 2.05 bits per heavy atom. The number of carbonyl (C=O) groups is 1. The van der Waals surface area contributed by atoms with Gasteiger partial charge in [0.15, 0.2) is 0 Å². The van der Waals surface area contributed by atoms with Crippen LogP contribution in [0.1, 0.15) is 13.3 Å². The summed E-state index contributed by atoms with van der Waals surface area (Å²) in [5.41, 5.74) is 0. The molecule has 0 unspecified atom stereocenters. The first-order chi connectivity index (χ1) is 9.43. The number of hydrogen-bond donors (Lipinski definition) is 0. The monoisotopic (exact) mass is 292 g/mol. The maximum absolute atomic E-state index is 12.6. The van der Waals surface area contributed by atoms with Crippen LogP contribution < -0.4 is 0 Å². The molecule has 0 saturated carbocycles. The van der Waals surface area contributed by atoms with Crippen LogP contribution in [-0.2, 0) is 14.8 Å². The molecule has 1 aromatic heterocycles. The molecule has 106 valence electrons. The lowest BCUT2D eigenvalue weighted by Crippen LogP contribution is -2.29. The molecule has 0 bridgehead atoms. The van der Waals surface area contributed by atoms with Gasteiger partial charge in [0.05, 0.1) is 4.90 Å². The van der Waals surface area contributed by atoms with E-state index in [1.54, 1.807) is 30.6 Å². The summed E-state index contributed by atoms with van der Waals surface area (Å²) < 4.78 is 26.3. The molecule has 6 heteroatoms. The van der Waals surface area contributed by atoms with E-state index in [-0.39, 0.29) is 23.6 Å². The van der Waals surface area contributed by atoms with E-state index in [2.05, 4.69) is 4.98 Å². The van der Waals surface area contributed by atoms with Crippen LogP contribution in [0.25, 0.3) is 10.8 Å². The first-order valence-electron chi connectivity index (χ1n) is 6.21. The Balaban J connectivity index is 2.44. The summed E-state index contributed by atoms with van der Waals surface area (Å²) in [6, 6.07) is 6.76. The molecule has 20 heavy (non-hydrogen) atoms. The van der Waals surface area contributed by atoms with Crippen LogP contribution in [0.5, 0.6) is 0 Å². The van der Waals surface area contributed by atoms with Crippen molar-refractivity contribution in [3.8, 4) is 0 Å². The van der Waals surface area contributed by atoms with Gasteiger partial charge in [-0.25, -0.2) is 12.7 Å². The number of nitrogens with zero attached hydrogens (tertiary/aromatic N) is 2. The fraction of sp³-hybridized carbons (Fsp3) is 0.286. The van der Waals surface area contributed by atoms with Gasteiger partial charge in [-0.3, -0.25) is 9.78 Å². The van der Waals surface area contributed by atoms with Crippen molar-refractivity contribution in [2.45, 2.75) is 18.2 Å². The first kappa shape index (κ1) is 14.6. The van der Waals surface area contributed by atoms with Gasteiger partial charge in [0, 0.05) is 43.2 Å². The largest absolute Gasteiger partial charge is 0.300 e. The predicted molar refractivity (Wildman–Crippen MR) is 76.9 cm³/mol. The molecule has 2 rings (SSSR count). The highest BCUT2D eigenvalue weighted by atomic mass is 32.2. The molecule has 0 spiro atoms. The maximum Gasteiger partial charge on any atom is 0.243 e. The van der Waals surface area contributed by atoms with E-state index in [4.69, 9.17) is 0 Å². The standard InChI is InChI=1S/C14H16N2O3S/c1-11(17)7-9-16(2)20(18,19)14-5-3-4-12-10-15-8-6-13(12)14/h3-6,8,10H,7,9H2,1-2H3. The van der Waals surface area contributed by atoms with Gasteiger partial charge < -0.3 is 0 Å². The second-order valence-electron chi connectivity index (χ2n) is 4.63. The molecule has 0 aliphatic heterocycles. The molecule has 1 aromatic carbocycles. The van der Waals surface area contributed by atoms with Gasteiger partial charge in [0.2, 0.25) is 10.0 Å². The van der Waals surface area contributed by atoms with E-state index in [0.29, 0.717) is 5.39 Å². The van der Waals surface area contributed by atoms with Crippen molar-refractivity contribution in [2.75, 3.05) is 13.6 Å². The maximum atomic E-state index is 12.6. The second-order valence-corrected chi connectivity index (χ2v) is 6.64. The lowest BCUT2D eigenvalue weighted by molar-refractivity contribution is -0.117. The van der Waals surface area contributed by atoms with Gasteiger partial charge in [-0.05, 0) is 19.1 Å². The molecule has 2 aromatic rings. The van der Waals surface area contributed by atoms with Gasteiger partial charge in [0.25, 0.3) is 0 Å². The van der Waals surface area contributed by atoms with Gasteiger partial charge in [0.1, 0.15) is 5.78 Å². The van der Waals surface area contributed by atoms with E-state index < -0.39 is 10.0 Å². The minimum atomic E-state index is -3.61. The van der Waals surface area contributed by atoms with Crippen LogP contribution in [0.4, 0.5) is 0 Å². The van der Waals surface area contributed by atoms with Crippen molar-refractivity contribution in [3.05, 3.63) is 36.7 Å². The SMILES string of the molecule is CC(=O)CCN(C)S(=O)(=O)c1cccc2cnccc12. The van der Waals surface area contributed by atoms with Gasteiger partial charge in [-0.1, -0.05) is 12.1 Å². The summed E-state index contributed by atoms with van der Waals surface area (Å²) in [4.78, 5) is 15.2. The Hall–Kier alpha value is -1.79. The zero-order chi connectivity index (χ0) is 14.8. The summed E-state index contributed by atoms with van der Waals surface area (Å²) in [5.74, 6) is -0.0332.